The van der Waals surface area contributed by atoms with Gasteiger partial charge in [0.25, 0.3) is 0 Å². The third-order valence-corrected chi connectivity index (χ3v) is 5.89. The summed E-state index contributed by atoms with van der Waals surface area (Å²) in [5, 5.41) is 0. The maximum absolute atomic E-state index is 13.2. The van der Waals surface area contributed by atoms with Crippen LogP contribution in [0.4, 0.5) is 0 Å². The summed E-state index contributed by atoms with van der Waals surface area (Å²) in [7, 11) is 1.74. The van der Waals surface area contributed by atoms with Crippen LogP contribution in [-0.2, 0) is 9.53 Å². The molecule has 0 aromatic rings. The van der Waals surface area contributed by atoms with Gasteiger partial charge in [0.2, 0.25) is 0 Å². The summed E-state index contributed by atoms with van der Waals surface area (Å²) in [6.45, 7) is 11.1. The first-order valence-electron chi connectivity index (χ1n) is 8.94. The molecule has 0 aromatic heterocycles. The number of unbranched alkanes of at least 4 members (excludes halogenated alkanes) is 1. The molecule has 0 aromatic carbocycles. The van der Waals surface area contributed by atoms with Gasteiger partial charge in [-0.15, -0.1) is 0 Å². The Labute approximate surface area is 132 Å². The third-order valence-electron chi connectivity index (χ3n) is 5.89. The van der Waals surface area contributed by atoms with E-state index in [4.69, 9.17) is 4.74 Å². The smallest absolute Gasteiger partial charge is 0.165 e. The molecule has 124 valence electrons. The van der Waals surface area contributed by atoms with Gasteiger partial charge >= 0.3 is 0 Å². The van der Waals surface area contributed by atoms with Crippen LogP contribution in [-0.4, -0.2) is 18.5 Å². The van der Waals surface area contributed by atoms with Crippen LogP contribution in [0, 0.1) is 17.3 Å². The van der Waals surface area contributed by atoms with E-state index in [-0.39, 0.29) is 5.41 Å². The van der Waals surface area contributed by atoms with Gasteiger partial charge in [0.1, 0.15) is 5.60 Å². The topological polar surface area (TPSA) is 26.3 Å². The molecular formula is C19H36O2. The van der Waals surface area contributed by atoms with Gasteiger partial charge in [-0.05, 0) is 24.7 Å². The van der Waals surface area contributed by atoms with Crippen LogP contribution in [0.2, 0.25) is 0 Å². The van der Waals surface area contributed by atoms with Crippen LogP contribution in [0.15, 0.2) is 0 Å². The quantitative estimate of drug-likeness (QED) is 0.600. The summed E-state index contributed by atoms with van der Waals surface area (Å²) in [6, 6.07) is 0. The minimum Gasteiger partial charge on any atom is -0.370 e. The van der Waals surface area contributed by atoms with Crippen LogP contribution < -0.4 is 0 Å². The number of methoxy groups -OCH3 is 1. The summed E-state index contributed by atoms with van der Waals surface area (Å²) in [4.78, 5) is 13.2. The van der Waals surface area contributed by atoms with E-state index >= 15 is 0 Å². The molecule has 0 spiro atoms. The molecular weight excluding hydrogens is 260 g/mol. The average Bonchev–Trinajstić information content (AvgIpc) is 2.43. The SMILES string of the molecule is CCCCC(CC)CC(=O)C1(OC)C(C)CCCC1(C)C. The molecule has 2 heteroatoms. The number of rotatable bonds is 8. The molecule has 1 saturated carbocycles. The molecule has 1 rings (SSSR count). The van der Waals surface area contributed by atoms with Crippen molar-refractivity contribution in [2.45, 2.75) is 91.6 Å². The fourth-order valence-corrected chi connectivity index (χ4v) is 4.51. The lowest BCUT2D eigenvalue weighted by Crippen LogP contribution is -2.59. The Morgan fingerprint density at radius 3 is 2.48 bits per heavy atom. The van der Waals surface area contributed by atoms with Crippen molar-refractivity contribution in [3.8, 4) is 0 Å². The highest BCUT2D eigenvalue weighted by atomic mass is 16.5. The molecule has 0 heterocycles. The van der Waals surface area contributed by atoms with Crippen molar-refractivity contribution in [1.82, 2.24) is 0 Å². The molecule has 0 radical (unpaired) electrons. The van der Waals surface area contributed by atoms with Gasteiger partial charge in [-0.2, -0.15) is 0 Å². The van der Waals surface area contributed by atoms with Gasteiger partial charge in [0.05, 0.1) is 0 Å². The van der Waals surface area contributed by atoms with E-state index in [9.17, 15) is 4.79 Å². The lowest BCUT2D eigenvalue weighted by Gasteiger charge is -2.52. The van der Waals surface area contributed by atoms with Crippen molar-refractivity contribution in [2.75, 3.05) is 7.11 Å². The molecule has 3 atom stereocenters. The van der Waals surface area contributed by atoms with Gasteiger partial charge in [-0.25, -0.2) is 0 Å². The predicted octanol–water partition coefficient (Wildman–Crippen LogP) is 5.39. The number of carbonyl (C=O) groups excluding carboxylic acids is 1. The number of hydrogen-bond donors (Lipinski definition) is 0. The maximum Gasteiger partial charge on any atom is 0.165 e. The highest BCUT2D eigenvalue weighted by Crippen LogP contribution is 2.50. The Bertz CT molecular complexity index is 334. The zero-order valence-electron chi connectivity index (χ0n) is 15.1. The van der Waals surface area contributed by atoms with E-state index in [0.717, 1.165) is 19.3 Å². The number of carbonyl (C=O) groups is 1. The minimum absolute atomic E-state index is 0.0560. The van der Waals surface area contributed by atoms with Crippen molar-refractivity contribution in [3.05, 3.63) is 0 Å². The van der Waals surface area contributed by atoms with Crippen molar-refractivity contribution >= 4 is 5.78 Å². The van der Waals surface area contributed by atoms with Crippen molar-refractivity contribution in [2.24, 2.45) is 17.3 Å². The highest BCUT2D eigenvalue weighted by molar-refractivity contribution is 5.89. The largest absolute Gasteiger partial charge is 0.370 e. The van der Waals surface area contributed by atoms with Gasteiger partial charge < -0.3 is 4.74 Å². The second kappa shape index (κ2) is 7.76. The molecule has 1 aliphatic carbocycles. The highest BCUT2D eigenvalue weighted by Gasteiger charge is 2.56. The normalized spacial score (nSPS) is 30.1. The molecule has 21 heavy (non-hydrogen) atoms. The number of Topliss-reactive ketones (excluding diaryl/α,β-unsaturated/α-hetero) is 1. The van der Waals surface area contributed by atoms with Crippen LogP contribution in [0.5, 0.6) is 0 Å². The van der Waals surface area contributed by atoms with Gasteiger partial charge in [-0.1, -0.05) is 66.7 Å². The van der Waals surface area contributed by atoms with Gasteiger partial charge in [0.15, 0.2) is 5.78 Å². The Morgan fingerprint density at radius 1 is 1.33 bits per heavy atom. The Balaban J connectivity index is 2.92. The van der Waals surface area contributed by atoms with E-state index in [0.29, 0.717) is 24.0 Å². The van der Waals surface area contributed by atoms with E-state index in [1.54, 1.807) is 7.11 Å². The molecule has 2 nitrogen and oxygen atoms in total. The first-order valence-corrected chi connectivity index (χ1v) is 8.94. The van der Waals surface area contributed by atoms with Crippen LogP contribution in [0.1, 0.15) is 86.0 Å². The zero-order valence-corrected chi connectivity index (χ0v) is 15.1. The predicted molar refractivity (Wildman–Crippen MR) is 89.5 cm³/mol. The first-order chi connectivity index (χ1) is 9.85. The summed E-state index contributed by atoms with van der Waals surface area (Å²) in [6.07, 6.45) is 8.80. The van der Waals surface area contributed by atoms with Crippen molar-refractivity contribution in [1.29, 1.82) is 0 Å². The molecule has 3 unspecified atom stereocenters. The second-order valence-corrected chi connectivity index (χ2v) is 7.66. The Kier molecular flexibility index (Phi) is 6.90. The number of hydrogen-bond acceptors (Lipinski definition) is 2. The van der Waals surface area contributed by atoms with E-state index in [1.165, 1.54) is 25.7 Å². The molecule has 0 bridgehead atoms. The Hall–Kier alpha value is -0.370. The molecule has 0 N–H and O–H groups in total. The summed E-state index contributed by atoms with van der Waals surface area (Å²) < 4.78 is 5.97. The number of ether oxygens (including phenoxy) is 1. The Morgan fingerprint density at radius 2 is 2.00 bits per heavy atom. The summed E-state index contributed by atoms with van der Waals surface area (Å²) in [5.41, 5.74) is -0.634. The van der Waals surface area contributed by atoms with Gasteiger partial charge in [0, 0.05) is 18.9 Å². The average molecular weight is 296 g/mol. The van der Waals surface area contributed by atoms with E-state index in [1.807, 2.05) is 0 Å². The molecule has 0 amide bonds. The maximum atomic E-state index is 13.2. The first kappa shape index (κ1) is 18.7. The monoisotopic (exact) mass is 296 g/mol. The fraction of sp³-hybridized carbons (Fsp3) is 0.947. The molecule has 0 saturated heterocycles. The van der Waals surface area contributed by atoms with E-state index in [2.05, 4.69) is 34.6 Å². The minimum atomic E-state index is -0.578. The van der Waals surface area contributed by atoms with Crippen molar-refractivity contribution in [3.63, 3.8) is 0 Å². The van der Waals surface area contributed by atoms with Crippen LogP contribution in [0.25, 0.3) is 0 Å². The summed E-state index contributed by atoms with van der Waals surface area (Å²) >= 11 is 0. The van der Waals surface area contributed by atoms with Crippen LogP contribution in [0.3, 0.4) is 0 Å². The fourth-order valence-electron chi connectivity index (χ4n) is 4.51. The number of ketones is 1. The molecule has 1 fully saturated rings. The lowest BCUT2D eigenvalue weighted by atomic mass is 9.58. The summed E-state index contributed by atoms with van der Waals surface area (Å²) in [5.74, 6) is 1.20. The second-order valence-electron chi connectivity index (χ2n) is 7.66. The lowest BCUT2D eigenvalue weighted by molar-refractivity contribution is -0.180. The van der Waals surface area contributed by atoms with Crippen molar-refractivity contribution < 1.29 is 9.53 Å². The zero-order chi connectivity index (χ0) is 16.1. The standard InChI is InChI=1S/C19H36O2/c1-7-9-12-16(8-2)14-17(20)19(21-6)15(3)11-10-13-18(19,4)5/h15-16H,7-14H2,1-6H3. The van der Waals surface area contributed by atoms with E-state index < -0.39 is 5.60 Å². The van der Waals surface area contributed by atoms with Gasteiger partial charge in [-0.3, -0.25) is 4.79 Å². The molecule has 0 aliphatic heterocycles. The van der Waals surface area contributed by atoms with Crippen LogP contribution >= 0.6 is 0 Å². The third kappa shape index (κ3) is 3.70. The molecule has 1 aliphatic rings.